The van der Waals surface area contributed by atoms with Crippen LogP contribution in [0.25, 0.3) is 0 Å². The third kappa shape index (κ3) is 5.57. The van der Waals surface area contributed by atoms with Crippen LogP contribution in [0.5, 0.6) is 5.75 Å². The van der Waals surface area contributed by atoms with Crippen LogP contribution in [-0.2, 0) is 20.8 Å². The van der Waals surface area contributed by atoms with Crippen LogP contribution in [-0.4, -0.2) is 39.9 Å². The van der Waals surface area contributed by atoms with Crippen molar-refractivity contribution < 1.29 is 37.2 Å². The van der Waals surface area contributed by atoms with Crippen molar-refractivity contribution in [1.82, 2.24) is 0 Å². The molecule has 2 amide bonds. The number of nitrogens with one attached hydrogen (secondary N) is 1. The van der Waals surface area contributed by atoms with Crippen molar-refractivity contribution in [2.75, 3.05) is 11.9 Å². The Hall–Kier alpha value is -2.47. The van der Waals surface area contributed by atoms with Gasteiger partial charge < -0.3 is 25.4 Å². The lowest BCUT2D eigenvalue weighted by atomic mass is 10.1. The molecule has 30 heavy (non-hydrogen) atoms. The summed E-state index contributed by atoms with van der Waals surface area (Å²) in [6, 6.07) is 9.61. The van der Waals surface area contributed by atoms with Crippen molar-refractivity contribution in [1.29, 1.82) is 0 Å². The normalized spacial score (nSPS) is 14.5. The average molecular weight is 465 g/mol. The summed E-state index contributed by atoms with van der Waals surface area (Å²) in [7, 11) is 0. The zero-order chi connectivity index (χ0) is 22.7. The fourth-order valence-corrected chi connectivity index (χ4v) is 3.40. The van der Waals surface area contributed by atoms with Gasteiger partial charge in [0.15, 0.2) is 16.4 Å². The van der Waals surface area contributed by atoms with Gasteiger partial charge in [0.25, 0.3) is 11.8 Å². The molecule has 0 aliphatic heterocycles. The molecule has 7 nitrogen and oxygen atoms in total. The summed E-state index contributed by atoms with van der Waals surface area (Å²) in [5.41, 5.74) is 1.17. The van der Waals surface area contributed by atoms with Gasteiger partial charge in [-0.3, -0.25) is 9.59 Å². The standard InChI is InChI=1S/C18H16ClF3N2O5S/c1-17(27,18(20,21)22)16(26)24-14-7-6-12(8-13(14)19)30(28)11-4-2-10(3-5-11)29-9-15(23)25/h2-8,27H,9H2,1H3,(H2,23,25)(H,24,26). The summed E-state index contributed by atoms with van der Waals surface area (Å²) in [5, 5.41) is 11.1. The molecule has 2 unspecified atom stereocenters. The molecule has 0 aliphatic carbocycles. The molecule has 2 atom stereocenters. The Bertz CT molecular complexity index is 938. The first-order valence-corrected chi connectivity index (χ1v) is 9.68. The second kappa shape index (κ2) is 9.13. The first-order valence-electron chi connectivity index (χ1n) is 8.16. The number of alkyl halides is 3. The second-order valence-corrected chi connectivity index (χ2v) is 8.05. The number of amides is 2. The maximum atomic E-state index is 12.7. The molecular formula is C18H16ClF3N2O5S. The zero-order valence-electron chi connectivity index (χ0n) is 15.3. The fourth-order valence-electron chi connectivity index (χ4n) is 2.04. The van der Waals surface area contributed by atoms with Crippen LogP contribution in [0, 0.1) is 0 Å². The highest BCUT2D eigenvalue weighted by Crippen LogP contribution is 2.33. The number of carbonyl (C=O) groups excluding carboxylic acids is 2. The summed E-state index contributed by atoms with van der Waals surface area (Å²) < 4.78 is 56.0. The van der Waals surface area contributed by atoms with Gasteiger partial charge in [-0.05, 0) is 43.3 Å². The van der Waals surface area contributed by atoms with E-state index in [-0.39, 0.29) is 22.2 Å². The Balaban J connectivity index is 2.14. The van der Waals surface area contributed by atoms with Crippen molar-refractivity contribution in [3.8, 4) is 5.75 Å². The number of primary amides is 1. The number of anilines is 1. The van der Waals surface area contributed by atoms with E-state index in [0.717, 1.165) is 0 Å². The molecule has 2 rings (SSSR count). The van der Waals surface area contributed by atoms with Gasteiger partial charge in [-0.2, -0.15) is 13.2 Å². The van der Waals surface area contributed by atoms with Crippen LogP contribution >= 0.6 is 11.6 Å². The quantitative estimate of drug-likeness (QED) is 0.543. The average Bonchev–Trinajstić information content (AvgIpc) is 2.66. The predicted octanol–water partition coefficient (Wildman–Crippen LogP) is 2.62. The van der Waals surface area contributed by atoms with Crippen molar-refractivity contribution in [3.05, 3.63) is 47.5 Å². The highest BCUT2D eigenvalue weighted by Gasteiger charge is 2.55. The minimum atomic E-state index is -5.18. The second-order valence-electron chi connectivity index (χ2n) is 6.16. The molecule has 0 aromatic heterocycles. The number of rotatable bonds is 7. The molecule has 4 N–H and O–H groups in total. The topological polar surface area (TPSA) is 125 Å². The lowest BCUT2D eigenvalue weighted by Gasteiger charge is -2.25. The maximum absolute atomic E-state index is 12.7. The molecule has 0 saturated carbocycles. The zero-order valence-corrected chi connectivity index (χ0v) is 16.9. The van der Waals surface area contributed by atoms with Crippen LogP contribution in [0.1, 0.15) is 6.92 Å². The van der Waals surface area contributed by atoms with E-state index in [2.05, 4.69) is 0 Å². The van der Waals surface area contributed by atoms with E-state index in [0.29, 0.717) is 17.6 Å². The molecule has 0 spiro atoms. The van der Waals surface area contributed by atoms with Crippen LogP contribution in [0.2, 0.25) is 5.02 Å². The summed E-state index contributed by atoms with van der Waals surface area (Å²) >= 11 is 4.29. The molecular weight excluding hydrogens is 449 g/mol. The van der Waals surface area contributed by atoms with E-state index < -0.39 is 34.8 Å². The van der Waals surface area contributed by atoms with E-state index in [1.165, 1.54) is 42.5 Å². The highest BCUT2D eigenvalue weighted by atomic mass is 35.5. The molecule has 0 fully saturated rings. The van der Waals surface area contributed by atoms with E-state index >= 15 is 0 Å². The number of halogens is 4. The van der Waals surface area contributed by atoms with Crippen LogP contribution in [0.4, 0.5) is 18.9 Å². The Morgan fingerprint density at radius 3 is 2.27 bits per heavy atom. The van der Waals surface area contributed by atoms with Gasteiger partial charge in [0.1, 0.15) is 5.75 Å². The molecule has 162 valence electrons. The summed E-state index contributed by atoms with van der Waals surface area (Å²) in [6.07, 6.45) is -5.18. The van der Waals surface area contributed by atoms with Crippen LogP contribution in [0.3, 0.4) is 0 Å². The third-order valence-corrected chi connectivity index (χ3v) is 5.51. The number of hydrogen-bond acceptors (Lipinski definition) is 5. The Kier molecular flexibility index (Phi) is 7.24. The molecule has 2 aromatic carbocycles. The number of nitrogens with two attached hydrogens (primary N) is 1. The summed E-state index contributed by atoms with van der Waals surface area (Å²) in [6.45, 7) is 0.00291. The number of hydrogen-bond donors (Lipinski definition) is 3. The Morgan fingerprint density at radius 2 is 1.77 bits per heavy atom. The van der Waals surface area contributed by atoms with Gasteiger partial charge in [0, 0.05) is 17.2 Å². The van der Waals surface area contributed by atoms with E-state index in [1.807, 2.05) is 5.32 Å². The molecule has 0 heterocycles. The third-order valence-electron chi connectivity index (χ3n) is 3.82. The van der Waals surface area contributed by atoms with E-state index in [4.69, 9.17) is 22.1 Å². The minimum Gasteiger partial charge on any atom is -0.606 e. The fraction of sp³-hybridized carbons (Fsp3) is 0.222. The van der Waals surface area contributed by atoms with Crippen molar-refractivity contribution in [2.24, 2.45) is 5.73 Å². The molecule has 12 heteroatoms. The van der Waals surface area contributed by atoms with Gasteiger partial charge >= 0.3 is 6.18 Å². The molecule has 0 saturated heterocycles. The van der Waals surface area contributed by atoms with Gasteiger partial charge in [0.2, 0.25) is 5.60 Å². The predicted molar refractivity (Wildman–Crippen MR) is 103 cm³/mol. The van der Waals surface area contributed by atoms with Crippen molar-refractivity contribution in [2.45, 2.75) is 28.5 Å². The van der Waals surface area contributed by atoms with Gasteiger partial charge in [-0.1, -0.05) is 11.6 Å². The molecule has 0 bridgehead atoms. The maximum Gasteiger partial charge on any atom is 0.426 e. The van der Waals surface area contributed by atoms with Crippen LogP contribution in [0.15, 0.2) is 52.3 Å². The lowest BCUT2D eigenvalue weighted by molar-refractivity contribution is -0.242. The summed E-state index contributed by atoms with van der Waals surface area (Å²) in [5.74, 6) is -2.03. The monoisotopic (exact) mass is 464 g/mol. The highest BCUT2D eigenvalue weighted by molar-refractivity contribution is 7.91. The van der Waals surface area contributed by atoms with Crippen molar-refractivity contribution >= 4 is 40.3 Å². The smallest absolute Gasteiger partial charge is 0.426 e. The number of carbonyl (C=O) groups is 2. The number of aliphatic hydroxyl groups is 1. The molecule has 0 aliphatic rings. The van der Waals surface area contributed by atoms with Gasteiger partial charge in [-0.15, -0.1) is 0 Å². The lowest BCUT2D eigenvalue weighted by Crippen LogP contribution is -2.52. The molecule has 0 radical (unpaired) electrons. The minimum absolute atomic E-state index is 0.173. The molecule has 2 aromatic rings. The summed E-state index contributed by atoms with van der Waals surface area (Å²) in [4.78, 5) is 23.0. The first kappa shape index (κ1) is 23.8. The number of benzene rings is 2. The largest absolute Gasteiger partial charge is 0.606 e. The van der Waals surface area contributed by atoms with Crippen LogP contribution < -0.4 is 15.8 Å². The Morgan fingerprint density at radius 1 is 1.20 bits per heavy atom. The van der Waals surface area contributed by atoms with E-state index in [1.54, 1.807) is 0 Å². The van der Waals surface area contributed by atoms with E-state index in [9.17, 15) is 32.4 Å². The number of ether oxygens (including phenoxy) is 1. The first-order chi connectivity index (χ1) is 13.8. The van der Waals surface area contributed by atoms with Gasteiger partial charge in [-0.25, -0.2) is 0 Å². The SMILES string of the molecule is CC(O)(C(=O)Nc1ccc([S+]([O-])c2ccc(OCC(N)=O)cc2)cc1Cl)C(F)(F)F. The van der Waals surface area contributed by atoms with Crippen molar-refractivity contribution in [3.63, 3.8) is 0 Å². The van der Waals surface area contributed by atoms with Gasteiger partial charge in [0.05, 0.1) is 10.7 Å². The Labute approximate surface area is 177 Å².